The summed E-state index contributed by atoms with van der Waals surface area (Å²) in [4.78, 5) is 7.39. The van der Waals surface area contributed by atoms with Crippen LogP contribution in [0.3, 0.4) is 0 Å². The van der Waals surface area contributed by atoms with Crippen LogP contribution in [0.5, 0.6) is 5.75 Å². The Morgan fingerprint density at radius 3 is 2.89 bits per heavy atom. The van der Waals surface area contributed by atoms with Gasteiger partial charge in [-0.05, 0) is 62.8 Å². The number of imidazole rings is 1. The van der Waals surface area contributed by atoms with Gasteiger partial charge >= 0.3 is 0 Å². The molecular formula is C23H33N3O2. The van der Waals surface area contributed by atoms with Gasteiger partial charge in [-0.2, -0.15) is 0 Å². The topological polar surface area (TPSA) is 39.5 Å². The minimum Gasteiger partial charge on any atom is -0.497 e. The third kappa shape index (κ3) is 4.58. The molecule has 2 fully saturated rings. The summed E-state index contributed by atoms with van der Waals surface area (Å²) in [6.45, 7) is 8.37. The summed E-state index contributed by atoms with van der Waals surface area (Å²) in [5.41, 5.74) is 2.63. The molecule has 0 bridgehead atoms. The van der Waals surface area contributed by atoms with Gasteiger partial charge in [0.05, 0.1) is 7.11 Å². The van der Waals surface area contributed by atoms with Crippen molar-refractivity contribution < 1.29 is 9.47 Å². The summed E-state index contributed by atoms with van der Waals surface area (Å²) in [7, 11) is 1.74. The number of nitrogens with zero attached hydrogens (tertiary/aromatic N) is 3. The quantitative estimate of drug-likeness (QED) is 0.756. The van der Waals surface area contributed by atoms with E-state index in [1.54, 1.807) is 7.11 Å². The van der Waals surface area contributed by atoms with Gasteiger partial charge < -0.3 is 14.0 Å². The molecule has 28 heavy (non-hydrogen) atoms. The van der Waals surface area contributed by atoms with Gasteiger partial charge in [0.1, 0.15) is 11.6 Å². The van der Waals surface area contributed by atoms with Crippen molar-refractivity contribution >= 4 is 0 Å². The molecule has 2 aromatic rings. The normalized spacial score (nSPS) is 21.7. The molecule has 0 saturated carbocycles. The molecule has 5 nitrogen and oxygen atoms in total. The van der Waals surface area contributed by atoms with E-state index >= 15 is 0 Å². The number of piperidine rings is 1. The molecule has 3 heterocycles. The van der Waals surface area contributed by atoms with E-state index in [9.17, 15) is 0 Å². The van der Waals surface area contributed by atoms with Crippen LogP contribution < -0.4 is 4.74 Å². The summed E-state index contributed by atoms with van der Waals surface area (Å²) in [5.74, 6) is 3.47. The lowest BCUT2D eigenvalue weighted by molar-refractivity contribution is 0.0821. The Morgan fingerprint density at radius 2 is 2.07 bits per heavy atom. The summed E-state index contributed by atoms with van der Waals surface area (Å²) in [6, 6.07) is 8.47. The standard InChI is InChI=1S/C23H33N3O2/c1-18-14-24-23(21-8-11-28-12-9-21)26(18)17-20-6-4-10-25(16-20)15-19-5-3-7-22(13-19)27-2/h3,5,7,13-14,20-21H,4,6,8-12,15-17H2,1-2H3/t20-/m0/s1. The highest BCUT2D eigenvalue weighted by Crippen LogP contribution is 2.29. The van der Waals surface area contributed by atoms with E-state index in [1.165, 1.54) is 36.5 Å². The van der Waals surface area contributed by atoms with Crippen molar-refractivity contribution in [2.24, 2.45) is 5.92 Å². The number of ether oxygens (including phenoxy) is 2. The molecule has 0 amide bonds. The number of hydrogen-bond donors (Lipinski definition) is 0. The Morgan fingerprint density at radius 1 is 1.21 bits per heavy atom. The van der Waals surface area contributed by atoms with Crippen molar-refractivity contribution in [2.75, 3.05) is 33.4 Å². The molecule has 2 saturated heterocycles. The van der Waals surface area contributed by atoms with Crippen molar-refractivity contribution in [1.82, 2.24) is 14.5 Å². The molecule has 0 N–H and O–H groups in total. The first-order valence-electron chi connectivity index (χ1n) is 10.7. The zero-order valence-electron chi connectivity index (χ0n) is 17.3. The molecule has 152 valence electrons. The summed E-state index contributed by atoms with van der Waals surface area (Å²) in [5, 5.41) is 0. The molecule has 2 aliphatic heterocycles. The average molecular weight is 384 g/mol. The summed E-state index contributed by atoms with van der Waals surface area (Å²) < 4.78 is 13.4. The fraction of sp³-hybridized carbons (Fsp3) is 0.609. The monoisotopic (exact) mass is 383 g/mol. The Kier molecular flexibility index (Phi) is 6.33. The molecule has 5 heteroatoms. The Hall–Kier alpha value is -1.85. The summed E-state index contributed by atoms with van der Waals surface area (Å²) in [6.07, 6.45) is 6.84. The smallest absolute Gasteiger partial charge is 0.119 e. The molecular weight excluding hydrogens is 350 g/mol. The van der Waals surface area contributed by atoms with E-state index in [0.717, 1.165) is 51.4 Å². The molecule has 1 atom stereocenters. The lowest BCUT2D eigenvalue weighted by atomic mass is 9.96. The third-order valence-electron chi connectivity index (χ3n) is 6.26. The average Bonchev–Trinajstić information content (AvgIpc) is 3.09. The highest BCUT2D eigenvalue weighted by atomic mass is 16.5. The van der Waals surface area contributed by atoms with Crippen LogP contribution in [0, 0.1) is 12.8 Å². The number of aromatic nitrogens is 2. The van der Waals surface area contributed by atoms with Crippen LogP contribution in [0.2, 0.25) is 0 Å². The lowest BCUT2D eigenvalue weighted by Crippen LogP contribution is -2.37. The van der Waals surface area contributed by atoms with E-state index in [0.29, 0.717) is 11.8 Å². The maximum atomic E-state index is 5.55. The highest BCUT2D eigenvalue weighted by Gasteiger charge is 2.25. The highest BCUT2D eigenvalue weighted by molar-refractivity contribution is 5.28. The Bertz CT molecular complexity index is 767. The van der Waals surface area contributed by atoms with Crippen LogP contribution in [0.1, 0.15) is 48.7 Å². The van der Waals surface area contributed by atoms with Crippen molar-refractivity contribution in [3.05, 3.63) is 47.5 Å². The summed E-state index contributed by atoms with van der Waals surface area (Å²) >= 11 is 0. The largest absolute Gasteiger partial charge is 0.497 e. The molecule has 1 aromatic carbocycles. The first-order chi connectivity index (χ1) is 13.7. The van der Waals surface area contributed by atoms with Crippen molar-refractivity contribution in [3.63, 3.8) is 0 Å². The van der Waals surface area contributed by atoms with Crippen molar-refractivity contribution in [2.45, 2.75) is 51.6 Å². The number of methoxy groups -OCH3 is 1. The van der Waals surface area contributed by atoms with Gasteiger partial charge in [-0.3, -0.25) is 4.90 Å². The van der Waals surface area contributed by atoms with Gasteiger partial charge in [-0.25, -0.2) is 4.98 Å². The first kappa shape index (κ1) is 19.5. The molecule has 0 spiro atoms. The maximum Gasteiger partial charge on any atom is 0.119 e. The second-order valence-corrected chi connectivity index (χ2v) is 8.35. The minimum atomic E-state index is 0.555. The number of likely N-dealkylation sites (tertiary alicyclic amines) is 1. The van der Waals surface area contributed by atoms with Crippen LogP contribution in [0.25, 0.3) is 0 Å². The third-order valence-corrected chi connectivity index (χ3v) is 6.26. The Balaban J connectivity index is 1.40. The fourth-order valence-corrected chi connectivity index (χ4v) is 4.73. The van der Waals surface area contributed by atoms with Crippen LogP contribution in [-0.2, 0) is 17.8 Å². The van der Waals surface area contributed by atoms with Crippen molar-refractivity contribution in [1.29, 1.82) is 0 Å². The predicted octanol–water partition coefficient (Wildman–Crippen LogP) is 4.01. The molecule has 1 aromatic heterocycles. The number of aryl methyl sites for hydroxylation is 1. The zero-order chi connectivity index (χ0) is 19.3. The zero-order valence-corrected chi connectivity index (χ0v) is 17.3. The number of benzene rings is 1. The van der Waals surface area contributed by atoms with Crippen LogP contribution >= 0.6 is 0 Å². The van der Waals surface area contributed by atoms with E-state index in [-0.39, 0.29) is 0 Å². The lowest BCUT2D eigenvalue weighted by Gasteiger charge is -2.34. The van der Waals surface area contributed by atoms with Gasteiger partial charge in [0.2, 0.25) is 0 Å². The first-order valence-corrected chi connectivity index (χ1v) is 10.7. The number of rotatable bonds is 6. The molecule has 0 radical (unpaired) electrons. The number of hydrogen-bond acceptors (Lipinski definition) is 4. The Labute approximate surface area is 168 Å². The van der Waals surface area contributed by atoms with Gasteiger partial charge in [0.25, 0.3) is 0 Å². The molecule has 0 aliphatic carbocycles. The van der Waals surface area contributed by atoms with Gasteiger partial charge in [-0.1, -0.05) is 12.1 Å². The van der Waals surface area contributed by atoms with E-state index in [4.69, 9.17) is 14.5 Å². The van der Waals surface area contributed by atoms with Gasteiger partial charge in [0, 0.05) is 50.7 Å². The van der Waals surface area contributed by atoms with E-state index in [2.05, 4.69) is 40.8 Å². The molecule has 2 aliphatic rings. The van der Waals surface area contributed by atoms with Gasteiger partial charge in [-0.15, -0.1) is 0 Å². The fourth-order valence-electron chi connectivity index (χ4n) is 4.73. The predicted molar refractivity (Wildman–Crippen MR) is 111 cm³/mol. The SMILES string of the molecule is COc1cccc(CN2CCC[C@H](Cn3c(C)cnc3C3CCOCC3)C2)c1. The van der Waals surface area contributed by atoms with Gasteiger partial charge in [0.15, 0.2) is 0 Å². The second-order valence-electron chi connectivity index (χ2n) is 8.35. The minimum absolute atomic E-state index is 0.555. The van der Waals surface area contributed by atoms with Crippen LogP contribution in [0.15, 0.2) is 30.5 Å². The van der Waals surface area contributed by atoms with Crippen LogP contribution in [-0.4, -0.2) is 47.9 Å². The van der Waals surface area contributed by atoms with Crippen LogP contribution in [0.4, 0.5) is 0 Å². The molecule has 4 rings (SSSR count). The maximum absolute atomic E-state index is 5.55. The van der Waals surface area contributed by atoms with Crippen molar-refractivity contribution in [3.8, 4) is 5.75 Å². The second kappa shape index (κ2) is 9.10. The molecule has 0 unspecified atom stereocenters. The van der Waals surface area contributed by atoms with E-state index < -0.39 is 0 Å². The van der Waals surface area contributed by atoms with E-state index in [1.807, 2.05) is 6.07 Å².